The second-order valence-electron chi connectivity index (χ2n) is 8.10. The summed E-state index contributed by atoms with van der Waals surface area (Å²) < 4.78 is 11.4. The van der Waals surface area contributed by atoms with Crippen molar-refractivity contribution in [3.63, 3.8) is 0 Å². The van der Waals surface area contributed by atoms with Crippen molar-refractivity contribution in [2.75, 3.05) is 18.5 Å². The van der Waals surface area contributed by atoms with E-state index in [0.29, 0.717) is 29.4 Å². The van der Waals surface area contributed by atoms with E-state index in [1.807, 2.05) is 86.6 Å². The van der Waals surface area contributed by atoms with E-state index in [-0.39, 0.29) is 18.3 Å². The zero-order chi connectivity index (χ0) is 24.6. The molecule has 0 radical (unpaired) electrons. The first-order valence-corrected chi connectivity index (χ1v) is 11.5. The SMILES string of the molecule is CCOc1cc(/C=C/C(=O)c2ccc3ccccc3c2)ccc1OCC(=O)Nc1ccc(C)cc1. The van der Waals surface area contributed by atoms with Crippen LogP contribution in [0.4, 0.5) is 5.69 Å². The van der Waals surface area contributed by atoms with Gasteiger partial charge in [-0.25, -0.2) is 0 Å². The molecule has 0 heterocycles. The highest BCUT2D eigenvalue weighted by molar-refractivity contribution is 6.08. The van der Waals surface area contributed by atoms with Gasteiger partial charge in [-0.1, -0.05) is 66.2 Å². The Balaban J connectivity index is 1.42. The summed E-state index contributed by atoms with van der Waals surface area (Å²) in [4.78, 5) is 25.0. The van der Waals surface area contributed by atoms with Gasteiger partial charge in [0.05, 0.1) is 6.61 Å². The summed E-state index contributed by atoms with van der Waals surface area (Å²) in [5.74, 6) is 0.628. The van der Waals surface area contributed by atoms with Gasteiger partial charge in [0, 0.05) is 11.3 Å². The van der Waals surface area contributed by atoms with Crippen LogP contribution in [0.25, 0.3) is 16.8 Å². The van der Waals surface area contributed by atoms with Crippen LogP contribution in [0.3, 0.4) is 0 Å². The van der Waals surface area contributed by atoms with E-state index >= 15 is 0 Å². The molecule has 0 bridgehead atoms. The Hall–Kier alpha value is -4.38. The van der Waals surface area contributed by atoms with E-state index in [1.54, 1.807) is 24.3 Å². The van der Waals surface area contributed by atoms with Crippen molar-refractivity contribution >= 4 is 34.2 Å². The van der Waals surface area contributed by atoms with Crippen LogP contribution in [0.2, 0.25) is 0 Å². The number of carbonyl (C=O) groups excluding carboxylic acids is 2. The predicted octanol–water partition coefficient (Wildman–Crippen LogP) is 6.46. The lowest BCUT2D eigenvalue weighted by Crippen LogP contribution is -2.20. The van der Waals surface area contributed by atoms with E-state index in [4.69, 9.17) is 9.47 Å². The summed E-state index contributed by atoms with van der Waals surface area (Å²) in [5, 5.41) is 4.93. The lowest BCUT2D eigenvalue weighted by Gasteiger charge is -2.13. The van der Waals surface area contributed by atoms with Crippen LogP contribution in [0, 0.1) is 6.92 Å². The molecular weight excluding hydrogens is 438 g/mol. The van der Waals surface area contributed by atoms with Crippen LogP contribution >= 0.6 is 0 Å². The first-order valence-electron chi connectivity index (χ1n) is 11.5. The molecule has 5 heteroatoms. The Morgan fingerprint density at radius 3 is 2.37 bits per heavy atom. The van der Waals surface area contributed by atoms with Gasteiger partial charge in [-0.3, -0.25) is 9.59 Å². The largest absolute Gasteiger partial charge is 0.490 e. The molecule has 5 nitrogen and oxygen atoms in total. The molecule has 0 aromatic heterocycles. The molecule has 0 aliphatic carbocycles. The first-order chi connectivity index (χ1) is 17.0. The maximum atomic E-state index is 12.7. The van der Waals surface area contributed by atoms with Gasteiger partial charge in [0.25, 0.3) is 5.91 Å². The van der Waals surface area contributed by atoms with Crippen molar-refractivity contribution in [1.29, 1.82) is 0 Å². The zero-order valence-corrected chi connectivity index (χ0v) is 19.8. The molecule has 0 fully saturated rings. The highest BCUT2D eigenvalue weighted by atomic mass is 16.5. The van der Waals surface area contributed by atoms with Crippen molar-refractivity contribution in [1.82, 2.24) is 0 Å². The molecule has 1 amide bonds. The molecule has 4 aromatic rings. The van der Waals surface area contributed by atoms with E-state index in [1.165, 1.54) is 0 Å². The molecule has 4 aromatic carbocycles. The van der Waals surface area contributed by atoms with Gasteiger partial charge in [0.2, 0.25) is 0 Å². The van der Waals surface area contributed by atoms with E-state index in [9.17, 15) is 9.59 Å². The number of nitrogens with one attached hydrogen (secondary N) is 1. The normalized spacial score (nSPS) is 10.9. The van der Waals surface area contributed by atoms with Crippen molar-refractivity contribution in [2.24, 2.45) is 0 Å². The van der Waals surface area contributed by atoms with Crippen molar-refractivity contribution in [3.8, 4) is 11.5 Å². The number of benzene rings is 4. The average Bonchev–Trinajstić information content (AvgIpc) is 2.88. The molecule has 4 rings (SSSR count). The topological polar surface area (TPSA) is 64.6 Å². The van der Waals surface area contributed by atoms with Crippen LogP contribution in [-0.4, -0.2) is 24.9 Å². The van der Waals surface area contributed by atoms with Crippen molar-refractivity contribution in [2.45, 2.75) is 13.8 Å². The number of hydrogen-bond donors (Lipinski definition) is 1. The Kier molecular flexibility index (Phi) is 7.58. The summed E-state index contributed by atoms with van der Waals surface area (Å²) in [6.45, 7) is 4.15. The molecule has 0 saturated heterocycles. The Bertz CT molecular complexity index is 1370. The Morgan fingerprint density at radius 1 is 0.829 bits per heavy atom. The highest BCUT2D eigenvalue weighted by Gasteiger charge is 2.10. The van der Waals surface area contributed by atoms with Crippen LogP contribution in [-0.2, 0) is 4.79 Å². The number of anilines is 1. The van der Waals surface area contributed by atoms with E-state index in [0.717, 1.165) is 21.9 Å². The second kappa shape index (κ2) is 11.2. The average molecular weight is 466 g/mol. The number of carbonyl (C=O) groups is 2. The van der Waals surface area contributed by atoms with Crippen LogP contribution in [0.1, 0.15) is 28.4 Å². The molecule has 0 aliphatic rings. The summed E-state index contributed by atoms with van der Waals surface area (Å²) >= 11 is 0. The summed E-state index contributed by atoms with van der Waals surface area (Å²) in [6.07, 6.45) is 3.29. The number of ketones is 1. The molecule has 1 N–H and O–H groups in total. The van der Waals surface area contributed by atoms with E-state index in [2.05, 4.69) is 5.32 Å². The quantitative estimate of drug-likeness (QED) is 0.228. The van der Waals surface area contributed by atoms with Gasteiger partial charge in [-0.05, 0) is 66.6 Å². The minimum Gasteiger partial charge on any atom is -0.490 e. The maximum Gasteiger partial charge on any atom is 0.262 e. The lowest BCUT2D eigenvalue weighted by molar-refractivity contribution is -0.118. The molecular formula is C30H27NO4. The Labute approximate surface area is 205 Å². The number of aryl methyl sites for hydroxylation is 1. The summed E-state index contributed by atoms with van der Waals surface area (Å²) in [7, 11) is 0. The Morgan fingerprint density at radius 2 is 1.60 bits per heavy atom. The monoisotopic (exact) mass is 465 g/mol. The predicted molar refractivity (Wildman–Crippen MR) is 140 cm³/mol. The number of ether oxygens (including phenoxy) is 2. The van der Waals surface area contributed by atoms with Gasteiger partial charge in [0.15, 0.2) is 23.9 Å². The third-order valence-electron chi connectivity index (χ3n) is 5.42. The minimum absolute atomic E-state index is 0.0817. The third kappa shape index (κ3) is 6.36. The number of amides is 1. The summed E-state index contributed by atoms with van der Waals surface area (Å²) in [5.41, 5.74) is 3.25. The van der Waals surface area contributed by atoms with Gasteiger partial charge in [-0.15, -0.1) is 0 Å². The number of rotatable bonds is 9. The first kappa shape index (κ1) is 23.8. The number of hydrogen-bond acceptors (Lipinski definition) is 4. The maximum absolute atomic E-state index is 12.7. The van der Waals surface area contributed by atoms with Gasteiger partial charge < -0.3 is 14.8 Å². The van der Waals surface area contributed by atoms with E-state index < -0.39 is 0 Å². The van der Waals surface area contributed by atoms with Gasteiger partial charge in [0.1, 0.15) is 0 Å². The molecule has 0 spiro atoms. The van der Waals surface area contributed by atoms with Gasteiger partial charge >= 0.3 is 0 Å². The van der Waals surface area contributed by atoms with Crippen LogP contribution in [0.5, 0.6) is 11.5 Å². The number of fused-ring (bicyclic) bond motifs is 1. The van der Waals surface area contributed by atoms with Crippen molar-refractivity contribution < 1.29 is 19.1 Å². The fourth-order valence-electron chi connectivity index (χ4n) is 3.60. The van der Waals surface area contributed by atoms with Crippen LogP contribution in [0.15, 0.2) is 91.0 Å². The molecule has 176 valence electrons. The molecule has 0 aliphatic heterocycles. The highest BCUT2D eigenvalue weighted by Crippen LogP contribution is 2.29. The standard InChI is InChI=1S/C30H27NO4/c1-3-34-29-18-22(10-16-27(32)25-13-12-23-6-4-5-7-24(23)19-25)11-17-28(29)35-20-30(33)31-26-14-8-21(2)9-15-26/h4-19H,3,20H2,1-2H3,(H,31,33)/b16-10+. The fraction of sp³-hybridized carbons (Fsp3) is 0.133. The second-order valence-corrected chi connectivity index (χ2v) is 8.10. The van der Waals surface area contributed by atoms with Crippen molar-refractivity contribution in [3.05, 3.63) is 108 Å². The van der Waals surface area contributed by atoms with Gasteiger partial charge in [-0.2, -0.15) is 0 Å². The molecule has 35 heavy (non-hydrogen) atoms. The lowest BCUT2D eigenvalue weighted by atomic mass is 10.0. The van der Waals surface area contributed by atoms with Crippen LogP contribution < -0.4 is 14.8 Å². The smallest absolute Gasteiger partial charge is 0.262 e. The molecule has 0 atom stereocenters. The molecule has 0 unspecified atom stereocenters. The summed E-state index contributed by atoms with van der Waals surface area (Å²) in [6, 6.07) is 26.5. The molecule has 0 saturated carbocycles. The zero-order valence-electron chi connectivity index (χ0n) is 19.8. The number of allylic oxidation sites excluding steroid dienone is 1. The minimum atomic E-state index is -0.263. The third-order valence-corrected chi connectivity index (χ3v) is 5.42. The fourth-order valence-corrected chi connectivity index (χ4v) is 3.60.